The van der Waals surface area contributed by atoms with E-state index in [-0.39, 0.29) is 5.56 Å². The molecule has 1 aliphatic rings. The molecule has 1 aliphatic heterocycles. The fourth-order valence-corrected chi connectivity index (χ4v) is 4.37. The van der Waals surface area contributed by atoms with Gasteiger partial charge in [0.05, 0.1) is 27.8 Å². The fourth-order valence-electron chi connectivity index (χ4n) is 2.53. The van der Waals surface area contributed by atoms with Crippen LogP contribution in [-0.2, 0) is 18.3 Å². The third-order valence-electron chi connectivity index (χ3n) is 3.72. The van der Waals surface area contributed by atoms with Crippen molar-refractivity contribution < 1.29 is 4.74 Å². The summed E-state index contributed by atoms with van der Waals surface area (Å²) in [5.41, 5.74) is 0.0701. The first-order valence-corrected chi connectivity index (χ1v) is 8.26. The zero-order valence-corrected chi connectivity index (χ0v) is 14.0. The smallest absolute Gasteiger partial charge is 0.259 e. The summed E-state index contributed by atoms with van der Waals surface area (Å²) in [6.07, 6.45) is 1.84. The van der Waals surface area contributed by atoms with Crippen LogP contribution >= 0.6 is 27.3 Å². The van der Waals surface area contributed by atoms with E-state index in [0.717, 1.165) is 40.9 Å². The normalized spacial score (nSPS) is 20.6. The molecule has 1 saturated heterocycles. The van der Waals surface area contributed by atoms with Crippen molar-refractivity contribution in [2.24, 2.45) is 7.05 Å². The Balaban J connectivity index is 1.95. The lowest BCUT2D eigenvalue weighted by atomic mass is 10.2. The highest BCUT2D eigenvalue weighted by molar-refractivity contribution is 9.10. The molecule has 0 saturated carbocycles. The molecule has 1 atom stereocenters. The third-order valence-corrected chi connectivity index (χ3v) is 5.74. The van der Waals surface area contributed by atoms with Crippen molar-refractivity contribution in [1.29, 1.82) is 0 Å². The zero-order chi connectivity index (χ0) is 14.3. The molecule has 4 nitrogen and oxygen atoms in total. The van der Waals surface area contributed by atoms with E-state index in [1.165, 1.54) is 4.88 Å². The third kappa shape index (κ3) is 2.57. The Morgan fingerprint density at radius 3 is 3.10 bits per heavy atom. The first-order valence-electron chi connectivity index (χ1n) is 6.65. The molecule has 6 heteroatoms. The molecule has 0 spiro atoms. The highest BCUT2D eigenvalue weighted by atomic mass is 79.9. The molecule has 108 valence electrons. The molecule has 3 rings (SSSR count). The summed E-state index contributed by atoms with van der Waals surface area (Å²) in [5, 5.41) is 0.808. The molecular formula is C14H17BrN2O2S. The van der Waals surface area contributed by atoms with Crippen LogP contribution in [0.2, 0.25) is 0 Å². The van der Waals surface area contributed by atoms with E-state index in [4.69, 9.17) is 4.74 Å². The van der Waals surface area contributed by atoms with Crippen LogP contribution in [-0.4, -0.2) is 35.3 Å². The van der Waals surface area contributed by atoms with Gasteiger partial charge in [0.2, 0.25) is 0 Å². The summed E-state index contributed by atoms with van der Waals surface area (Å²) in [6.45, 7) is 5.60. The molecular weight excluding hydrogens is 340 g/mol. The second kappa shape index (κ2) is 5.60. The van der Waals surface area contributed by atoms with Crippen molar-refractivity contribution >= 4 is 37.4 Å². The first-order chi connectivity index (χ1) is 9.56. The number of rotatable bonds is 2. The Kier molecular flexibility index (Phi) is 3.99. The van der Waals surface area contributed by atoms with Gasteiger partial charge in [0.25, 0.3) is 5.56 Å². The van der Waals surface area contributed by atoms with Crippen molar-refractivity contribution in [3.63, 3.8) is 0 Å². The number of morpholine rings is 1. The quantitative estimate of drug-likeness (QED) is 0.829. The van der Waals surface area contributed by atoms with E-state index in [2.05, 4.69) is 27.8 Å². The molecule has 0 unspecified atom stereocenters. The number of pyridine rings is 1. The summed E-state index contributed by atoms with van der Waals surface area (Å²) in [6, 6.07) is 2.47. The number of hydrogen-bond acceptors (Lipinski definition) is 4. The van der Waals surface area contributed by atoms with Crippen molar-refractivity contribution in [3.8, 4) is 0 Å². The number of thiophene rings is 1. The predicted octanol–water partition coefficient (Wildman–Crippen LogP) is 2.58. The summed E-state index contributed by atoms with van der Waals surface area (Å²) >= 11 is 5.25. The van der Waals surface area contributed by atoms with Gasteiger partial charge >= 0.3 is 0 Å². The van der Waals surface area contributed by atoms with Gasteiger partial charge in [-0.15, -0.1) is 11.3 Å². The highest BCUT2D eigenvalue weighted by Gasteiger charge is 2.20. The summed E-state index contributed by atoms with van der Waals surface area (Å²) in [5.74, 6) is 0. The van der Waals surface area contributed by atoms with E-state index in [0.29, 0.717) is 6.04 Å². The fraction of sp³-hybridized carbons (Fsp3) is 0.500. The Morgan fingerprint density at radius 2 is 2.35 bits per heavy atom. The predicted molar refractivity (Wildman–Crippen MR) is 85.5 cm³/mol. The monoisotopic (exact) mass is 356 g/mol. The van der Waals surface area contributed by atoms with E-state index in [1.807, 2.05) is 12.3 Å². The molecule has 0 bridgehead atoms. The van der Waals surface area contributed by atoms with Crippen LogP contribution in [0.25, 0.3) is 10.1 Å². The minimum absolute atomic E-state index is 0.0701. The number of hydrogen-bond donors (Lipinski definition) is 0. The Bertz CT molecular complexity index is 694. The summed E-state index contributed by atoms with van der Waals surface area (Å²) in [4.78, 5) is 15.8. The van der Waals surface area contributed by atoms with Gasteiger partial charge in [-0.05, 0) is 28.9 Å². The maximum Gasteiger partial charge on any atom is 0.259 e. The molecule has 20 heavy (non-hydrogen) atoms. The molecule has 0 aromatic carbocycles. The molecule has 3 heterocycles. The van der Waals surface area contributed by atoms with E-state index < -0.39 is 0 Å². The van der Waals surface area contributed by atoms with E-state index in [1.54, 1.807) is 23.0 Å². The molecule has 0 radical (unpaired) electrons. The van der Waals surface area contributed by atoms with Gasteiger partial charge in [-0.2, -0.15) is 0 Å². The van der Waals surface area contributed by atoms with Gasteiger partial charge in [-0.3, -0.25) is 9.69 Å². The van der Waals surface area contributed by atoms with Gasteiger partial charge in [0.1, 0.15) is 0 Å². The van der Waals surface area contributed by atoms with Crippen LogP contribution in [0.15, 0.2) is 21.5 Å². The van der Waals surface area contributed by atoms with Crippen LogP contribution in [0.5, 0.6) is 0 Å². The van der Waals surface area contributed by atoms with E-state index >= 15 is 0 Å². The average molecular weight is 357 g/mol. The van der Waals surface area contributed by atoms with Crippen LogP contribution in [0.1, 0.15) is 11.8 Å². The molecule has 2 aromatic heterocycles. The molecule has 0 amide bonds. The second-order valence-electron chi connectivity index (χ2n) is 5.24. The number of ether oxygens (including phenoxy) is 1. The standard InChI is InChI=1S/C14H17BrN2O2S/c1-9-8-19-4-3-17(9)6-10-5-11-13(20-10)12(15)7-16(2)14(11)18/h5,7,9H,3-4,6,8H2,1-2H3/t9-/m1/s1. The Morgan fingerprint density at radius 1 is 1.55 bits per heavy atom. The van der Waals surface area contributed by atoms with Crippen molar-refractivity contribution in [3.05, 3.63) is 32.0 Å². The molecule has 2 aromatic rings. The Labute approximate surface area is 130 Å². The van der Waals surface area contributed by atoms with Gasteiger partial charge in [0, 0.05) is 37.3 Å². The van der Waals surface area contributed by atoms with Gasteiger partial charge < -0.3 is 9.30 Å². The van der Waals surface area contributed by atoms with Crippen molar-refractivity contribution in [2.75, 3.05) is 19.8 Å². The van der Waals surface area contributed by atoms with Crippen LogP contribution in [0, 0.1) is 0 Å². The van der Waals surface area contributed by atoms with Gasteiger partial charge in [-0.1, -0.05) is 0 Å². The topological polar surface area (TPSA) is 34.5 Å². The van der Waals surface area contributed by atoms with Crippen molar-refractivity contribution in [2.45, 2.75) is 19.5 Å². The zero-order valence-electron chi connectivity index (χ0n) is 11.6. The first kappa shape index (κ1) is 14.3. The van der Waals surface area contributed by atoms with Crippen LogP contribution in [0.4, 0.5) is 0 Å². The average Bonchev–Trinajstić information content (AvgIpc) is 2.83. The second-order valence-corrected chi connectivity index (χ2v) is 7.23. The molecule has 0 aliphatic carbocycles. The maximum atomic E-state index is 12.2. The largest absolute Gasteiger partial charge is 0.379 e. The summed E-state index contributed by atoms with van der Waals surface area (Å²) < 4.78 is 9.12. The number of aromatic nitrogens is 1. The lowest BCUT2D eigenvalue weighted by molar-refractivity contribution is -0.00390. The van der Waals surface area contributed by atoms with Crippen LogP contribution in [0.3, 0.4) is 0 Å². The number of nitrogens with zero attached hydrogens (tertiary/aromatic N) is 2. The number of halogens is 1. The summed E-state index contributed by atoms with van der Waals surface area (Å²) in [7, 11) is 1.79. The highest BCUT2D eigenvalue weighted by Crippen LogP contribution is 2.31. The van der Waals surface area contributed by atoms with E-state index in [9.17, 15) is 4.79 Å². The number of aryl methyl sites for hydroxylation is 1. The maximum absolute atomic E-state index is 12.2. The van der Waals surface area contributed by atoms with Gasteiger partial charge in [0.15, 0.2) is 0 Å². The molecule has 0 N–H and O–H groups in total. The SMILES string of the molecule is C[C@@H]1COCCN1Cc1cc2c(=O)n(C)cc(Br)c2s1. The van der Waals surface area contributed by atoms with Crippen LogP contribution < -0.4 is 5.56 Å². The number of fused-ring (bicyclic) bond motifs is 1. The molecule has 1 fully saturated rings. The Hall–Kier alpha value is -0.690. The lowest BCUT2D eigenvalue weighted by Gasteiger charge is -2.32. The minimum atomic E-state index is 0.0701. The van der Waals surface area contributed by atoms with Crippen molar-refractivity contribution in [1.82, 2.24) is 9.47 Å². The lowest BCUT2D eigenvalue weighted by Crippen LogP contribution is -2.42. The van der Waals surface area contributed by atoms with Gasteiger partial charge in [-0.25, -0.2) is 0 Å². The minimum Gasteiger partial charge on any atom is -0.379 e.